The lowest BCUT2D eigenvalue weighted by atomic mass is 10.1. The molecule has 0 fully saturated rings. The highest BCUT2D eigenvalue weighted by molar-refractivity contribution is 8.20. The topological polar surface area (TPSA) is 15.8 Å². The van der Waals surface area contributed by atoms with E-state index in [0.717, 1.165) is 0 Å². The molecular weight excluding hydrogens is 479 g/mol. The van der Waals surface area contributed by atoms with Crippen LogP contribution in [0.1, 0.15) is 76.5 Å². The molecule has 2 aliphatic rings. The number of fused-ring (bicyclic) bond motifs is 2. The van der Waals surface area contributed by atoms with Crippen molar-refractivity contribution in [3.8, 4) is 0 Å². The molecule has 0 saturated carbocycles. The predicted molar refractivity (Wildman–Crippen MR) is 149 cm³/mol. The van der Waals surface area contributed by atoms with Gasteiger partial charge in [0, 0.05) is 31.5 Å². The van der Waals surface area contributed by atoms with Gasteiger partial charge in [-0.2, -0.15) is 0 Å². The van der Waals surface area contributed by atoms with Gasteiger partial charge in [-0.05, 0) is 48.7 Å². The van der Waals surface area contributed by atoms with Gasteiger partial charge in [-0.25, -0.2) is 0 Å². The van der Waals surface area contributed by atoms with Crippen LogP contribution in [0.5, 0.6) is 0 Å². The number of benzene rings is 2. The van der Waals surface area contributed by atoms with E-state index < -0.39 is 0 Å². The highest BCUT2D eigenvalue weighted by Crippen LogP contribution is 2.66. The first kappa shape index (κ1) is 23.8. The average Bonchev–Trinajstić information content (AvgIpc) is 3.55. The van der Waals surface area contributed by atoms with Gasteiger partial charge in [0.25, 0.3) is 0 Å². The molecule has 2 aliphatic heterocycles. The van der Waals surface area contributed by atoms with E-state index in [2.05, 4.69) is 127 Å². The molecule has 174 valence electrons. The van der Waals surface area contributed by atoms with Crippen molar-refractivity contribution in [2.45, 2.75) is 93.0 Å². The van der Waals surface area contributed by atoms with Gasteiger partial charge in [0.05, 0.1) is 4.08 Å². The SMILES string of the molecule is CCCCCC1(c2c[nH]c(C3(CCCCC)Sc4ccccc4S3)c2)Sc2ccccc2S1. The van der Waals surface area contributed by atoms with Crippen LogP contribution in [-0.4, -0.2) is 4.98 Å². The molecule has 0 spiro atoms. The third-order valence-electron chi connectivity index (χ3n) is 6.55. The fraction of sp³-hybridized carbons (Fsp3) is 0.429. The van der Waals surface area contributed by atoms with Crippen LogP contribution in [0.4, 0.5) is 0 Å². The number of H-pyrrole nitrogens is 1. The summed E-state index contributed by atoms with van der Waals surface area (Å²) in [7, 11) is 0. The monoisotopic (exact) mass is 511 g/mol. The molecule has 5 rings (SSSR count). The van der Waals surface area contributed by atoms with E-state index in [0.29, 0.717) is 0 Å². The molecule has 0 amide bonds. The quantitative estimate of drug-likeness (QED) is 0.272. The average molecular weight is 512 g/mol. The van der Waals surface area contributed by atoms with Crippen molar-refractivity contribution in [3.63, 3.8) is 0 Å². The lowest BCUT2D eigenvalue weighted by Gasteiger charge is -2.28. The van der Waals surface area contributed by atoms with E-state index in [1.165, 1.54) is 82.2 Å². The summed E-state index contributed by atoms with van der Waals surface area (Å²) in [5.74, 6) is 0. The molecule has 0 radical (unpaired) electrons. The van der Waals surface area contributed by atoms with E-state index in [-0.39, 0.29) is 8.16 Å². The molecule has 1 nitrogen and oxygen atoms in total. The van der Waals surface area contributed by atoms with Gasteiger partial charge in [-0.3, -0.25) is 0 Å². The lowest BCUT2D eigenvalue weighted by molar-refractivity contribution is 0.631. The van der Waals surface area contributed by atoms with Gasteiger partial charge in [0.1, 0.15) is 4.08 Å². The normalized spacial score (nSPS) is 17.8. The Bertz CT molecular complexity index is 955. The van der Waals surface area contributed by atoms with Crippen LogP contribution in [0, 0.1) is 0 Å². The molecule has 1 aromatic heterocycles. The number of nitrogens with one attached hydrogen (secondary N) is 1. The summed E-state index contributed by atoms with van der Waals surface area (Å²) in [5, 5.41) is 0. The van der Waals surface area contributed by atoms with Crippen LogP contribution in [-0.2, 0) is 8.16 Å². The summed E-state index contributed by atoms with van der Waals surface area (Å²) < 4.78 is 0.140. The highest BCUT2D eigenvalue weighted by atomic mass is 32.2. The molecule has 0 unspecified atom stereocenters. The minimum absolute atomic E-state index is 0.0580. The molecule has 0 atom stereocenters. The van der Waals surface area contributed by atoms with E-state index in [1.807, 2.05) is 0 Å². The second-order valence-corrected chi connectivity index (χ2v) is 14.9. The fourth-order valence-corrected chi connectivity index (χ4v) is 11.3. The highest BCUT2D eigenvalue weighted by Gasteiger charge is 2.45. The van der Waals surface area contributed by atoms with Crippen molar-refractivity contribution in [1.29, 1.82) is 0 Å². The van der Waals surface area contributed by atoms with E-state index in [4.69, 9.17) is 0 Å². The minimum atomic E-state index is 0.0580. The lowest BCUT2D eigenvalue weighted by Crippen LogP contribution is -2.16. The summed E-state index contributed by atoms with van der Waals surface area (Å²) in [6.07, 6.45) is 12.4. The number of aromatic amines is 1. The van der Waals surface area contributed by atoms with Crippen LogP contribution < -0.4 is 0 Å². The molecule has 1 N–H and O–H groups in total. The van der Waals surface area contributed by atoms with Gasteiger partial charge < -0.3 is 4.98 Å². The first-order chi connectivity index (χ1) is 16.2. The summed E-state index contributed by atoms with van der Waals surface area (Å²) in [6, 6.07) is 20.4. The minimum Gasteiger partial charge on any atom is -0.363 e. The summed E-state index contributed by atoms with van der Waals surface area (Å²) in [5.41, 5.74) is 2.86. The Morgan fingerprint density at radius 1 is 0.636 bits per heavy atom. The molecule has 2 aromatic carbocycles. The maximum atomic E-state index is 3.80. The Labute approximate surface area is 216 Å². The molecule has 5 heteroatoms. The second-order valence-electron chi connectivity index (χ2n) is 9.02. The zero-order valence-electron chi connectivity index (χ0n) is 19.6. The summed E-state index contributed by atoms with van der Waals surface area (Å²) in [4.78, 5) is 9.55. The first-order valence-corrected chi connectivity index (χ1v) is 15.6. The standard InChI is InChI=1S/C28H33NS4/c1-3-5-11-17-27(30-22-13-7-8-14-23(22)31-27)21-19-26(29-20-21)28(18-12-6-4-2)32-24-15-9-10-16-25(24)33-28/h7-10,13-16,19-20,29H,3-6,11-12,17-18H2,1-2H3. The van der Waals surface area contributed by atoms with E-state index >= 15 is 0 Å². The van der Waals surface area contributed by atoms with Gasteiger partial charge >= 0.3 is 0 Å². The zero-order chi connectivity index (χ0) is 22.7. The number of aromatic nitrogens is 1. The maximum absolute atomic E-state index is 3.80. The Morgan fingerprint density at radius 3 is 1.58 bits per heavy atom. The third kappa shape index (κ3) is 4.80. The molecule has 0 saturated heterocycles. The van der Waals surface area contributed by atoms with Crippen molar-refractivity contribution in [1.82, 2.24) is 4.98 Å². The van der Waals surface area contributed by atoms with Crippen LogP contribution in [0.15, 0.2) is 80.4 Å². The third-order valence-corrected chi connectivity index (χ3v) is 13.2. The molecule has 33 heavy (non-hydrogen) atoms. The summed E-state index contributed by atoms with van der Waals surface area (Å²) in [6.45, 7) is 4.60. The number of unbranched alkanes of at least 4 members (excludes halogenated alkanes) is 4. The number of hydrogen-bond acceptors (Lipinski definition) is 4. The fourth-order valence-electron chi connectivity index (χ4n) is 4.75. The zero-order valence-corrected chi connectivity index (χ0v) is 22.8. The van der Waals surface area contributed by atoms with Crippen LogP contribution in [0.2, 0.25) is 0 Å². The number of thioether (sulfide) groups is 4. The Hall–Kier alpha value is -0.880. The molecule has 0 bridgehead atoms. The van der Waals surface area contributed by atoms with Crippen molar-refractivity contribution in [2.75, 3.05) is 0 Å². The smallest absolute Gasteiger partial charge is 0.110 e. The molecule has 3 heterocycles. The van der Waals surface area contributed by atoms with Crippen molar-refractivity contribution < 1.29 is 0 Å². The van der Waals surface area contributed by atoms with Crippen LogP contribution in [0.25, 0.3) is 0 Å². The Morgan fingerprint density at radius 2 is 1.09 bits per heavy atom. The molecule has 3 aromatic rings. The Balaban J connectivity index is 1.47. The van der Waals surface area contributed by atoms with Crippen LogP contribution >= 0.6 is 47.0 Å². The van der Waals surface area contributed by atoms with Crippen molar-refractivity contribution in [3.05, 3.63) is 72.1 Å². The van der Waals surface area contributed by atoms with Gasteiger partial charge in [0.2, 0.25) is 0 Å². The second kappa shape index (κ2) is 10.4. The number of rotatable bonds is 10. The van der Waals surface area contributed by atoms with E-state index in [1.54, 1.807) is 0 Å². The van der Waals surface area contributed by atoms with Crippen LogP contribution in [0.3, 0.4) is 0 Å². The molecular formula is C28H33NS4. The summed E-state index contributed by atoms with van der Waals surface area (Å²) >= 11 is 8.30. The van der Waals surface area contributed by atoms with Gasteiger partial charge in [-0.15, -0.1) is 47.0 Å². The predicted octanol–water partition coefficient (Wildman–Crippen LogP) is 10.3. The first-order valence-electron chi connectivity index (χ1n) is 12.3. The Kier molecular flexibility index (Phi) is 7.51. The van der Waals surface area contributed by atoms with Crippen molar-refractivity contribution >= 4 is 47.0 Å². The largest absolute Gasteiger partial charge is 0.363 e. The van der Waals surface area contributed by atoms with Gasteiger partial charge in [-0.1, -0.05) is 76.6 Å². The molecule has 0 aliphatic carbocycles. The van der Waals surface area contributed by atoms with Crippen molar-refractivity contribution in [2.24, 2.45) is 0 Å². The van der Waals surface area contributed by atoms with Gasteiger partial charge in [0.15, 0.2) is 0 Å². The number of hydrogen-bond donors (Lipinski definition) is 1. The van der Waals surface area contributed by atoms with E-state index in [9.17, 15) is 0 Å². The maximum Gasteiger partial charge on any atom is 0.110 e.